The largest absolute Gasteiger partial charge is 0.467 e. The zero-order valence-electron chi connectivity index (χ0n) is 18.3. The first-order valence-corrected chi connectivity index (χ1v) is 13.3. The molecule has 3 heterocycles. The van der Waals surface area contributed by atoms with Gasteiger partial charge >= 0.3 is 10.1 Å². The second-order valence-corrected chi connectivity index (χ2v) is 11.1. The summed E-state index contributed by atoms with van der Waals surface area (Å²) < 4.78 is 37.4. The molecule has 1 saturated heterocycles. The predicted octanol–water partition coefficient (Wildman–Crippen LogP) is 3.90. The first-order valence-electron chi connectivity index (χ1n) is 10.7. The van der Waals surface area contributed by atoms with Crippen LogP contribution in [0.3, 0.4) is 0 Å². The number of para-hydroxylation sites is 1. The van der Waals surface area contributed by atoms with E-state index in [-0.39, 0.29) is 5.75 Å². The Morgan fingerprint density at radius 2 is 1.84 bits per heavy atom. The van der Waals surface area contributed by atoms with E-state index in [1.54, 1.807) is 30.5 Å². The molecule has 2 atom stereocenters. The van der Waals surface area contributed by atoms with Crippen molar-refractivity contribution in [3.05, 3.63) is 54.5 Å². The number of furan rings is 1. The van der Waals surface area contributed by atoms with Gasteiger partial charge in [0.05, 0.1) is 18.6 Å². The quantitative estimate of drug-likeness (QED) is 0.339. The Labute approximate surface area is 193 Å². The van der Waals surface area contributed by atoms with E-state index in [9.17, 15) is 8.42 Å². The van der Waals surface area contributed by atoms with Crippen molar-refractivity contribution in [3.63, 3.8) is 0 Å². The highest BCUT2D eigenvalue weighted by atomic mass is 32.2. The fourth-order valence-electron chi connectivity index (χ4n) is 4.04. The lowest BCUT2D eigenvalue weighted by Gasteiger charge is -2.35. The van der Waals surface area contributed by atoms with Crippen molar-refractivity contribution < 1.29 is 17.0 Å². The van der Waals surface area contributed by atoms with E-state index in [1.165, 1.54) is 18.2 Å². The highest BCUT2D eigenvalue weighted by molar-refractivity contribution is 8.00. The van der Waals surface area contributed by atoms with E-state index >= 15 is 0 Å². The van der Waals surface area contributed by atoms with Crippen LogP contribution in [0.5, 0.6) is 5.75 Å². The van der Waals surface area contributed by atoms with Gasteiger partial charge < -0.3 is 13.5 Å². The van der Waals surface area contributed by atoms with Crippen LogP contribution in [0.2, 0.25) is 0 Å². The van der Waals surface area contributed by atoms with Crippen molar-refractivity contribution in [2.45, 2.75) is 32.0 Å². The van der Waals surface area contributed by atoms with Gasteiger partial charge in [0, 0.05) is 18.8 Å². The highest BCUT2D eigenvalue weighted by Crippen LogP contribution is 2.29. The zero-order chi connectivity index (χ0) is 22.6. The normalized spacial score (nSPS) is 19.2. The van der Waals surface area contributed by atoms with Crippen molar-refractivity contribution in [1.29, 1.82) is 0 Å². The van der Waals surface area contributed by atoms with Crippen LogP contribution < -0.4 is 9.08 Å². The van der Waals surface area contributed by atoms with Gasteiger partial charge in [-0.3, -0.25) is 4.57 Å². The molecule has 32 heavy (non-hydrogen) atoms. The van der Waals surface area contributed by atoms with Gasteiger partial charge in [-0.1, -0.05) is 43.8 Å². The molecule has 8 nitrogen and oxygen atoms in total. The molecule has 3 aromatic rings. The van der Waals surface area contributed by atoms with Gasteiger partial charge in [0.15, 0.2) is 5.16 Å². The summed E-state index contributed by atoms with van der Waals surface area (Å²) >= 11 is 1.35. The molecule has 0 amide bonds. The van der Waals surface area contributed by atoms with Crippen LogP contribution >= 0.6 is 11.8 Å². The summed E-state index contributed by atoms with van der Waals surface area (Å²) in [5.41, 5.74) is 0. The van der Waals surface area contributed by atoms with Gasteiger partial charge in [-0.2, -0.15) is 8.42 Å². The van der Waals surface area contributed by atoms with Gasteiger partial charge in [0.1, 0.15) is 11.5 Å². The molecule has 0 saturated carbocycles. The first kappa shape index (κ1) is 22.7. The molecular weight excluding hydrogens is 448 g/mol. The first-order chi connectivity index (χ1) is 15.4. The van der Waals surface area contributed by atoms with E-state index in [4.69, 9.17) is 8.60 Å². The van der Waals surface area contributed by atoms with E-state index in [1.807, 2.05) is 22.8 Å². The molecule has 1 aliphatic rings. The summed E-state index contributed by atoms with van der Waals surface area (Å²) in [5.74, 6) is 3.23. The van der Waals surface area contributed by atoms with Crippen LogP contribution in [0.15, 0.2) is 58.3 Å². The van der Waals surface area contributed by atoms with Crippen LogP contribution in [0, 0.1) is 11.8 Å². The van der Waals surface area contributed by atoms with E-state index in [2.05, 4.69) is 28.9 Å². The molecule has 0 spiro atoms. The van der Waals surface area contributed by atoms with Crippen molar-refractivity contribution >= 4 is 27.8 Å². The average molecular weight is 477 g/mol. The topological polar surface area (TPSA) is 90.5 Å². The molecule has 10 heteroatoms. The number of aromatic nitrogens is 3. The SMILES string of the molecule is CC1CC(C)CN(c2nnc(SCCS(=O)(=O)Oc3ccccc3)n2Cc2ccco2)C1. The lowest BCUT2D eigenvalue weighted by atomic mass is 9.92. The predicted molar refractivity (Wildman–Crippen MR) is 125 cm³/mol. The van der Waals surface area contributed by atoms with Crippen molar-refractivity contribution in [1.82, 2.24) is 14.8 Å². The number of hydrogen-bond donors (Lipinski definition) is 0. The Hall–Kier alpha value is -2.46. The summed E-state index contributed by atoms with van der Waals surface area (Å²) in [4.78, 5) is 2.27. The van der Waals surface area contributed by atoms with Crippen LogP contribution in [-0.2, 0) is 16.7 Å². The molecule has 4 rings (SSSR count). The summed E-state index contributed by atoms with van der Waals surface area (Å²) in [6.07, 6.45) is 2.84. The minimum Gasteiger partial charge on any atom is -0.467 e. The van der Waals surface area contributed by atoms with E-state index < -0.39 is 10.1 Å². The number of thioether (sulfide) groups is 1. The smallest absolute Gasteiger partial charge is 0.310 e. The Morgan fingerprint density at radius 3 is 2.53 bits per heavy atom. The molecule has 0 aliphatic carbocycles. The zero-order valence-corrected chi connectivity index (χ0v) is 19.9. The number of hydrogen-bond acceptors (Lipinski definition) is 8. The Bertz CT molecular complexity index is 1090. The Kier molecular flexibility index (Phi) is 7.10. The molecular formula is C22H28N4O4S2. The molecule has 1 aliphatic heterocycles. The standard InChI is InChI=1S/C22H28N4O4S2/c1-17-13-18(2)15-25(14-17)21-23-24-22(26(21)16-20-9-6-10-29-20)31-11-12-32(27,28)30-19-7-4-3-5-8-19/h3-10,17-18H,11-16H2,1-2H3. The monoisotopic (exact) mass is 476 g/mol. The highest BCUT2D eigenvalue weighted by Gasteiger charge is 2.27. The van der Waals surface area contributed by atoms with E-state index in [0.717, 1.165) is 24.8 Å². The third kappa shape index (κ3) is 5.86. The molecule has 1 aromatic carbocycles. The minimum absolute atomic E-state index is 0.132. The molecule has 0 N–H and O–H groups in total. The van der Waals surface area contributed by atoms with Crippen LogP contribution in [-0.4, -0.2) is 47.8 Å². The fraction of sp³-hybridized carbons (Fsp3) is 0.455. The Morgan fingerprint density at radius 1 is 1.09 bits per heavy atom. The second kappa shape index (κ2) is 9.99. The second-order valence-electron chi connectivity index (χ2n) is 8.31. The minimum atomic E-state index is -3.70. The van der Waals surface area contributed by atoms with Crippen LogP contribution in [0.1, 0.15) is 26.0 Å². The summed E-state index contributed by atoms with van der Waals surface area (Å²) in [7, 11) is -3.70. The number of rotatable bonds is 9. The van der Waals surface area contributed by atoms with Gasteiger partial charge in [-0.05, 0) is 42.5 Å². The lowest BCUT2D eigenvalue weighted by Crippen LogP contribution is -2.40. The molecule has 0 bridgehead atoms. The average Bonchev–Trinajstić information content (AvgIpc) is 3.38. The van der Waals surface area contributed by atoms with Gasteiger partial charge in [-0.15, -0.1) is 10.2 Å². The van der Waals surface area contributed by atoms with E-state index in [0.29, 0.717) is 35.0 Å². The van der Waals surface area contributed by atoms with Gasteiger partial charge in [0.25, 0.3) is 0 Å². The van der Waals surface area contributed by atoms with Crippen molar-refractivity contribution in [3.8, 4) is 5.75 Å². The summed E-state index contributed by atoms with van der Waals surface area (Å²) in [6, 6.07) is 12.3. The Balaban J connectivity index is 1.47. The molecule has 0 radical (unpaired) electrons. The van der Waals surface area contributed by atoms with Crippen molar-refractivity contribution in [2.24, 2.45) is 11.8 Å². The third-order valence-corrected chi connectivity index (χ3v) is 7.65. The van der Waals surface area contributed by atoms with Crippen LogP contribution in [0.4, 0.5) is 5.95 Å². The van der Waals surface area contributed by atoms with Gasteiger partial charge in [0.2, 0.25) is 5.95 Å². The van der Waals surface area contributed by atoms with Crippen molar-refractivity contribution in [2.75, 3.05) is 29.5 Å². The number of piperidine rings is 1. The number of anilines is 1. The number of nitrogens with zero attached hydrogens (tertiary/aromatic N) is 4. The molecule has 1 fully saturated rings. The maximum absolute atomic E-state index is 12.4. The molecule has 2 aromatic heterocycles. The summed E-state index contributed by atoms with van der Waals surface area (Å²) in [6.45, 7) is 6.84. The molecule has 172 valence electrons. The molecule has 2 unspecified atom stereocenters. The van der Waals surface area contributed by atoms with Gasteiger partial charge in [-0.25, -0.2) is 0 Å². The van der Waals surface area contributed by atoms with Crippen LogP contribution in [0.25, 0.3) is 0 Å². The maximum Gasteiger partial charge on any atom is 0.310 e. The number of benzene rings is 1. The third-order valence-electron chi connectivity index (χ3n) is 5.27. The maximum atomic E-state index is 12.4. The summed E-state index contributed by atoms with van der Waals surface area (Å²) in [5, 5.41) is 9.51. The fourth-order valence-corrected chi connectivity index (χ4v) is 6.26. The lowest BCUT2D eigenvalue weighted by molar-refractivity contribution is 0.350.